The lowest BCUT2D eigenvalue weighted by Crippen LogP contribution is -2.32. The fourth-order valence-corrected chi connectivity index (χ4v) is 2.20. The number of hydrogen-bond donors (Lipinski definition) is 2. The standard InChI is InChI=1S/C14H14O4S/c15-14(11-18-19(16)17,12-7-3-1-4-8-12)13-9-5-2-6-10-13/h1-10,15,19H,11H2. The molecule has 0 fully saturated rings. The summed E-state index contributed by atoms with van der Waals surface area (Å²) in [5.41, 5.74) is -0.325. The first kappa shape index (κ1) is 13.7. The molecular formula is C14H14O4S. The van der Waals surface area contributed by atoms with Gasteiger partial charge in [-0.1, -0.05) is 60.7 Å². The van der Waals surface area contributed by atoms with E-state index in [1.807, 2.05) is 12.1 Å². The number of thiol groups is 1. The van der Waals surface area contributed by atoms with Crippen LogP contribution in [0.15, 0.2) is 60.7 Å². The lowest BCUT2D eigenvalue weighted by molar-refractivity contribution is 0.0318. The van der Waals surface area contributed by atoms with Gasteiger partial charge in [0.1, 0.15) is 12.2 Å². The Labute approximate surface area is 113 Å². The van der Waals surface area contributed by atoms with Crippen LogP contribution in [0.2, 0.25) is 0 Å². The third kappa shape index (κ3) is 3.20. The van der Waals surface area contributed by atoms with Crippen LogP contribution in [-0.4, -0.2) is 20.1 Å². The largest absolute Gasteiger partial charge is 0.378 e. The van der Waals surface area contributed by atoms with Crippen molar-refractivity contribution in [2.75, 3.05) is 6.61 Å². The van der Waals surface area contributed by atoms with Crippen molar-refractivity contribution in [3.05, 3.63) is 71.8 Å². The molecule has 2 rings (SSSR count). The van der Waals surface area contributed by atoms with E-state index in [1.165, 1.54) is 0 Å². The Hall–Kier alpha value is -1.69. The van der Waals surface area contributed by atoms with Gasteiger partial charge in [0, 0.05) is 0 Å². The molecule has 0 radical (unpaired) electrons. The molecule has 0 unspecified atom stereocenters. The fraction of sp³-hybridized carbons (Fsp3) is 0.143. The van der Waals surface area contributed by atoms with Crippen molar-refractivity contribution in [3.63, 3.8) is 0 Å². The molecule has 0 saturated carbocycles. The van der Waals surface area contributed by atoms with E-state index in [0.29, 0.717) is 11.1 Å². The monoisotopic (exact) mass is 278 g/mol. The molecule has 0 aromatic heterocycles. The van der Waals surface area contributed by atoms with E-state index in [1.54, 1.807) is 48.5 Å². The van der Waals surface area contributed by atoms with Crippen molar-refractivity contribution in [1.29, 1.82) is 0 Å². The van der Waals surface area contributed by atoms with Crippen LogP contribution in [0.25, 0.3) is 0 Å². The van der Waals surface area contributed by atoms with E-state index in [-0.39, 0.29) is 6.61 Å². The number of hydrogen-bond acceptors (Lipinski definition) is 4. The molecule has 0 aliphatic heterocycles. The van der Waals surface area contributed by atoms with Crippen LogP contribution in [0.1, 0.15) is 11.1 Å². The first-order chi connectivity index (χ1) is 9.13. The lowest BCUT2D eigenvalue weighted by atomic mass is 9.87. The van der Waals surface area contributed by atoms with Gasteiger partial charge in [-0.25, -0.2) is 8.42 Å². The van der Waals surface area contributed by atoms with Crippen LogP contribution < -0.4 is 0 Å². The van der Waals surface area contributed by atoms with E-state index in [0.717, 1.165) is 0 Å². The molecule has 2 aromatic rings. The number of rotatable bonds is 5. The quantitative estimate of drug-likeness (QED) is 0.813. The molecule has 0 amide bonds. The summed E-state index contributed by atoms with van der Waals surface area (Å²) in [5, 5.41) is 10.8. The Morgan fingerprint density at radius 2 is 1.32 bits per heavy atom. The first-order valence-corrected chi connectivity index (χ1v) is 6.83. The van der Waals surface area contributed by atoms with Gasteiger partial charge >= 0.3 is 0 Å². The average molecular weight is 278 g/mol. The Morgan fingerprint density at radius 1 is 0.895 bits per heavy atom. The Kier molecular flexibility index (Phi) is 4.31. The van der Waals surface area contributed by atoms with Crippen LogP contribution in [0.3, 0.4) is 0 Å². The maximum absolute atomic E-state index is 10.8. The summed E-state index contributed by atoms with van der Waals surface area (Å²) in [6, 6.07) is 17.7. The van der Waals surface area contributed by atoms with Crippen molar-refractivity contribution in [2.45, 2.75) is 5.60 Å². The first-order valence-electron chi connectivity index (χ1n) is 5.73. The summed E-state index contributed by atoms with van der Waals surface area (Å²) >= 11 is 0. The van der Waals surface area contributed by atoms with Gasteiger partial charge in [0.05, 0.1) is 0 Å². The molecule has 2 aromatic carbocycles. The van der Waals surface area contributed by atoms with Crippen LogP contribution in [-0.2, 0) is 20.8 Å². The number of aliphatic hydroxyl groups is 1. The van der Waals surface area contributed by atoms with Gasteiger partial charge in [0.25, 0.3) is 11.0 Å². The molecule has 0 atom stereocenters. The topological polar surface area (TPSA) is 63.6 Å². The Bertz CT molecular complexity index is 546. The van der Waals surface area contributed by atoms with Gasteiger partial charge in [-0.3, -0.25) is 4.18 Å². The van der Waals surface area contributed by atoms with Gasteiger partial charge in [-0.15, -0.1) is 0 Å². The summed E-state index contributed by atoms with van der Waals surface area (Å²) in [7, 11) is -3.01. The predicted molar refractivity (Wildman–Crippen MR) is 72.1 cm³/mol. The summed E-state index contributed by atoms with van der Waals surface area (Å²) in [6.07, 6.45) is 0. The summed E-state index contributed by atoms with van der Waals surface area (Å²) in [4.78, 5) is 0. The van der Waals surface area contributed by atoms with Crippen molar-refractivity contribution in [1.82, 2.24) is 0 Å². The minimum absolute atomic E-state index is 0.347. The molecule has 4 nitrogen and oxygen atoms in total. The summed E-state index contributed by atoms with van der Waals surface area (Å²) in [5.74, 6) is 0. The Morgan fingerprint density at radius 3 is 1.68 bits per heavy atom. The third-order valence-corrected chi connectivity index (χ3v) is 3.22. The highest BCUT2D eigenvalue weighted by Gasteiger charge is 2.32. The van der Waals surface area contributed by atoms with E-state index in [9.17, 15) is 13.5 Å². The molecule has 5 heteroatoms. The predicted octanol–water partition coefficient (Wildman–Crippen LogP) is 1.47. The van der Waals surface area contributed by atoms with E-state index < -0.39 is 16.6 Å². The van der Waals surface area contributed by atoms with Crippen LogP contribution in [0.4, 0.5) is 0 Å². The molecule has 100 valence electrons. The molecule has 0 spiro atoms. The fourth-order valence-electron chi connectivity index (χ4n) is 1.91. The average Bonchev–Trinajstić information content (AvgIpc) is 2.46. The molecule has 0 aliphatic carbocycles. The van der Waals surface area contributed by atoms with Gasteiger partial charge in [0.15, 0.2) is 0 Å². The highest BCUT2D eigenvalue weighted by atomic mass is 32.2. The van der Waals surface area contributed by atoms with E-state index in [4.69, 9.17) is 0 Å². The van der Waals surface area contributed by atoms with E-state index >= 15 is 0 Å². The zero-order chi connectivity index (χ0) is 13.7. The minimum Gasteiger partial charge on any atom is -0.378 e. The molecule has 19 heavy (non-hydrogen) atoms. The highest BCUT2D eigenvalue weighted by molar-refractivity contribution is 7.67. The van der Waals surface area contributed by atoms with Crippen molar-refractivity contribution in [2.24, 2.45) is 0 Å². The van der Waals surface area contributed by atoms with Crippen molar-refractivity contribution in [3.8, 4) is 0 Å². The van der Waals surface area contributed by atoms with Gasteiger partial charge in [0.2, 0.25) is 0 Å². The Balaban J connectivity index is 2.44. The summed E-state index contributed by atoms with van der Waals surface area (Å²) in [6.45, 7) is -0.347. The summed E-state index contributed by atoms with van der Waals surface area (Å²) < 4.78 is 25.8. The maximum atomic E-state index is 10.8. The molecule has 0 aliphatic rings. The highest BCUT2D eigenvalue weighted by Crippen LogP contribution is 2.29. The lowest BCUT2D eigenvalue weighted by Gasteiger charge is -2.27. The van der Waals surface area contributed by atoms with Gasteiger partial charge in [-0.2, -0.15) is 0 Å². The second kappa shape index (κ2) is 5.97. The van der Waals surface area contributed by atoms with Gasteiger partial charge in [-0.05, 0) is 11.1 Å². The third-order valence-electron chi connectivity index (χ3n) is 2.88. The zero-order valence-electron chi connectivity index (χ0n) is 10.1. The smallest absolute Gasteiger partial charge is 0.257 e. The van der Waals surface area contributed by atoms with Crippen molar-refractivity contribution < 1.29 is 17.7 Å². The van der Waals surface area contributed by atoms with Crippen LogP contribution >= 0.6 is 0 Å². The maximum Gasteiger partial charge on any atom is 0.257 e. The van der Waals surface area contributed by atoms with Crippen molar-refractivity contribution >= 4 is 11.0 Å². The number of benzene rings is 2. The second-order valence-corrected chi connectivity index (χ2v) is 4.79. The van der Waals surface area contributed by atoms with Gasteiger partial charge < -0.3 is 5.11 Å². The van der Waals surface area contributed by atoms with E-state index in [2.05, 4.69) is 4.18 Å². The van der Waals surface area contributed by atoms with Crippen LogP contribution in [0, 0.1) is 0 Å². The molecular weight excluding hydrogens is 264 g/mol. The SMILES string of the molecule is O=[SH](=O)OCC(O)(c1ccccc1)c1ccccc1. The zero-order valence-corrected chi connectivity index (χ0v) is 11.0. The minimum atomic E-state index is -3.01. The molecule has 0 heterocycles. The molecule has 1 N–H and O–H groups in total. The molecule has 0 saturated heterocycles. The normalized spacial score (nSPS) is 11.7. The molecule has 0 bridgehead atoms. The second-order valence-electron chi connectivity index (χ2n) is 4.09. The van der Waals surface area contributed by atoms with Crippen LogP contribution in [0.5, 0.6) is 0 Å².